The second kappa shape index (κ2) is 4.18. The fourth-order valence-corrected chi connectivity index (χ4v) is 1.15. The highest BCUT2D eigenvalue weighted by atomic mass is 32.1. The van der Waals surface area contributed by atoms with Crippen molar-refractivity contribution in [2.24, 2.45) is 0 Å². The van der Waals surface area contributed by atoms with Crippen molar-refractivity contribution < 1.29 is 14.3 Å². The van der Waals surface area contributed by atoms with Crippen LogP contribution in [0.3, 0.4) is 0 Å². The Kier molecular flexibility index (Phi) is 3.19. The van der Waals surface area contributed by atoms with E-state index in [-0.39, 0.29) is 0 Å². The Morgan fingerprint density at radius 2 is 2.08 bits per heavy atom. The van der Waals surface area contributed by atoms with Crippen molar-refractivity contribution in [2.45, 2.75) is 4.90 Å². The molecule has 1 rings (SSSR count). The Morgan fingerprint density at radius 3 is 2.62 bits per heavy atom. The number of rotatable bonds is 2. The average Bonchev–Trinajstić information content (AvgIpc) is 2.16. The molecule has 0 radical (unpaired) electrons. The van der Waals surface area contributed by atoms with Gasteiger partial charge in [0.15, 0.2) is 0 Å². The van der Waals surface area contributed by atoms with E-state index in [2.05, 4.69) is 17.4 Å². The summed E-state index contributed by atoms with van der Waals surface area (Å²) in [6.45, 7) is 0. The highest BCUT2D eigenvalue weighted by molar-refractivity contribution is 7.80. The van der Waals surface area contributed by atoms with Gasteiger partial charge in [0, 0.05) is 4.90 Å². The lowest BCUT2D eigenvalue weighted by atomic mass is 10.2. The number of ether oxygens (including phenoxy) is 2. The topological polar surface area (TPSA) is 35.5 Å². The molecule has 0 atom stereocenters. The van der Waals surface area contributed by atoms with Gasteiger partial charge in [0.2, 0.25) is 0 Å². The number of methoxy groups -OCH3 is 2. The fraction of sp³-hybridized carbons (Fsp3) is 0.222. The van der Waals surface area contributed by atoms with Crippen LogP contribution < -0.4 is 4.74 Å². The first kappa shape index (κ1) is 9.92. The third-order valence-corrected chi connectivity index (χ3v) is 1.87. The molecule has 0 saturated heterocycles. The first-order chi connectivity index (χ1) is 6.19. The third-order valence-electron chi connectivity index (χ3n) is 1.59. The van der Waals surface area contributed by atoms with Crippen LogP contribution in [-0.2, 0) is 4.74 Å². The zero-order chi connectivity index (χ0) is 9.84. The number of hydrogen-bond donors (Lipinski definition) is 1. The van der Waals surface area contributed by atoms with Crippen LogP contribution in [0, 0.1) is 0 Å². The van der Waals surface area contributed by atoms with E-state index in [0.717, 1.165) is 4.90 Å². The molecule has 13 heavy (non-hydrogen) atoms. The molecule has 0 aromatic heterocycles. The fourth-order valence-electron chi connectivity index (χ4n) is 0.958. The Bertz CT molecular complexity index is 323. The van der Waals surface area contributed by atoms with Gasteiger partial charge < -0.3 is 9.47 Å². The smallest absolute Gasteiger partial charge is 0.341 e. The minimum absolute atomic E-state index is 0.405. The van der Waals surface area contributed by atoms with E-state index >= 15 is 0 Å². The molecule has 0 N–H and O–H groups in total. The molecule has 0 bridgehead atoms. The van der Waals surface area contributed by atoms with Crippen molar-refractivity contribution in [3.05, 3.63) is 23.8 Å². The van der Waals surface area contributed by atoms with E-state index in [0.29, 0.717) is 11.3 Å². The summed E-state index contributed by atoms with van der Waals surface area (Å²) in [6, 6.07) is 4.99. The molecule has 0 fully saturated rings. The molecule has 0 spiro atoms. The van der Waals surface area contributed by atoms with Gasteiger partial charge in [-0.15, -0.1) is 12.6 Å². The van der Waals surface area contributed by atoms with Gasteiger partial charge in [-0.3, -0.25) is 0 Å². The van der Waals surface area contributed by atoms with Gasteiger partial charge in [-0.2, -0.15) is 0 Å². The maximum absolute atomic E-state index is 11.2. The van der Waals surface area contributed by atoms with Crippen molar-refractivity contribution in [3.63, 3.8) is 0 Å². The average molecular weight is 198 g/mol. The van der Waals surface area contributed by atoms with Crippen molar-refractivity contribution >= 4 is 18.6 Å². The molecule has 0 aliphatic rings. The van der Waals surface area contributed by atoms with Gasteiger partial charge in [0.1, 0.15) is 11.3 Å². The van der Waals surface area contributed by atoms with E-state index < -0.39 is 5.97 Å². The summed E-state index contributed by atoms with van der Waals surface area (Å²) in [5.41, 5.74) is 0.405. The second-order valence-electron chi connectivity index (χ2n) is 2.38. The molecule has 0 heterocycles. The SMILES string of the molecule is COC(=O)c1ccc(S)cc1OC. The minimum atomic E-state index is -0.412. The van der Waals surface area contributed by atoms with E-state index in [1.165, 1.54) is 14.2 Å². The maximum Gasteiger partial charge on any atom is 0.341 e. The Labute approximate surface area is 82.1 Å². The molecule has 1 aromatic rings. The van der Waals surface area contributed by atoms with E-state index in [4.69, 9.17) is 4.74 Å². The number of esters is 1. The van der Waals surface area contributed by atoms with Crippen LogP contribution in [0.15, 0.2) is 23.1 Å². The summed E-state index contributed by atoms with van der Waals surface area (Å²) in [7, 11) is 2.82. The molecular weight excluding hydrogens is 188 g/mol. The number of carbonyl (C=O) groups is 1. The van der Waals surface area contributed by atoms with Crippen molar-refractivity contribution in [3.8, 4) is 5.75 Å². The highest BCUT2D eigenvalue weighted by Gasteiger charge is 2.11. The normalized spacial score (nSPS) is 9.46. The Balaban J connectivity index is 3.13. The molecule has 70 valence electrons. The van der Waals surface area contributed by atoms with Gasteiger partial charge in [-0.05, 0) is 18.2 Å². The predicted octanol–water partition coefficient (Wildman–Crippen LogP) is 1.77. The predicted molar refractivity (Wildman–Crippen MR) is 51.6 cm³/mol. The van der Waals surface area contributed by atoms with E-state index in [1.54, 1.807) is 18.2 Å². The first-order valence-electron chi connectivity index (χ1n) is 3.64. The quantitative estimate of drug-likeness (QED) is 0.581. The van der Waals surface area contributed by atoms with Gasteiger partial charge in [0.05, 0.1) is 14.2 Å². The largest absolute Gasteiger partial charge is 0.496 e. The van der Waals surface area contributed by atoms with Crippen LogP contribution in [0.2, 0.25) is 0 Å². The van der Waals surface area contributed by atoms with Crippen LogP contribution in [0.25, 0.3) is 0 Å². The molecule has 0 amide bonds. The summed E-state index contributed by atoms with van der Waals surface area (Å²) >= 11 is 4.12. The molecule has 1 aromatic carbocycles. The van der Waals surface area contributed by atoms with Crippen LogP contribution in [0.5, 0.6) is 5.75 Å². The number of benzene rings is 1. The molecule has 0 aliphatic carbocycles. The summed E-state index contributed by atoms with van der Waals surface area (Å²) in [6.07, 6.45) is 0. The summed E-state index contributed by atoms with van der Waals surface area (Å²) < 4.78 is 9.57. The zero-order valence-electron chi connectivity index (χ0n) is 7.40. The zero-order valence-corrected chi connectivity index (χ0v) is 8.30. The highest BCUT2D eigenvalue weighted by Crippen LogP contribution is 2.22. The van der Waals surface area contributed by atoms with Crippen LogP contribution in [0.1, 0.15) is 10.4 Å². The molecule has 0 saturated carbocycles. The van der Waals surface area contributed by atoms with Gasteiger partial charge >= 0.3 is 5.97 Å². The molecule has 4 heteroatoms. The Morgan fingerprint density at radius 1 is 1.38 bits per heavy atom. The lowest BCUT2D eigenvalue weighted by molar-refractivity contribution is 0.0597. The second-order valence-corrected chi connectivity index (χ2v) is 2.89. The molecule has 3 nitrogen and oxygen atoms in total. The van der Waals surface area contributed by atoms with Crippen LogP contribution in [0.4, 0.5) is 0 Å². The third kappa shape index (κ3) is 2.15. The first-order valence-corrected chi connectivity index (χ1v) is 4.09. The van der Waals surface area contributed by atoms with Crippen molar-refractivity contribution in [1.29, 1.82) is 0 Å². The maximum atomic E-state index is 11.2. The number of carbonyl (C=O) groups excluding carboxylic acids is 1. The monoisotopic (exact) mass is 198 g/mol. The van der Waals surface area contributed by atoms with Gasteiger partial charge in [0.25, 0.3) is 0 Å². The van der Waals surface area contributed by atoms with Crippen molar-refractivity contribution in [1.82, 2.24) is 0 Å². The van der Waals surface area contributed by atoms with Crippen LogP contribution >= 0.6 is 12.6 Å². The van der Waals surface area contributed by atoms with Gasteiger partial charge in [-0.1, -0.05) is 0 Å². The number of thiol groups is 1. The summed E-state index contributed by atoms with van der Waals surface area (Å²) in [5.74, 6) is 0.0598. The van der Waals surface area contributed by atoms with Gasteiger partial charge in [-0.25, -0.2) is 4.79 Å². The minimum Gasteiger partial charge on any atom is -0.496 e. The van der Waals surface area contributed by atoms with Crippen LogP contribution in [-0.4, -0.2) is 20.2 Å². The lowest BCUT2D eigenvalue weighted by Crippen LogP contribution is -2.03. The van der Waals surface area contributed by atoms with Crippen molar-refractivity contribution in [2.75, 3.05) is 14.2 Å². The summed E-state index contributed by atoms with van der Waals surface area (Å²) in [5, 5.41) is 0. The molecule has 0 unspecified atom stereocenters. The van der Waals surface area contributed by atoms with E-state index in [9.17, 15) is 4.79 Å². The lowest BCUT2D eigenvalue weighted by Gasteiger charge is -2.06. The number of hydrogen-bond acceptors (Lipinski definition) is 4. The Hall–Kier alpha value is -1.16. The summed E-state index contributed by atoms with van der Waals surface area (Å²) in [4.78, 5) is 11.9. The standard InChI is InChI=1S/C9H10O3S/c1-11-8-5-6(13)3-4-7(8)9(10)12-2/h3-5,13H,1-2H3. The molecule has 0 aliphatic heterocycles. The molecular formula is C9H10O3S. The van der Waals surface area contributed by atoms with E-state index in [1.807, 2.05) is 0 Å².